The van der Waals surface area contributed by atoms with E-state index in [1.54, 1.807) is 13.8 Å². The van der Waals surface area contributed by atoms with E-state index < -0.39 is 30.1 Å². The first kappa shape index (κ1) is 25.8. The molecule has 0 radical (unpaired) electrons. The number of aliphatic carboxylic acids is 1. The Balaban J connectivity index is 2.09. The van der Waals surface area contributed by atoms with E-state index in [-0.39, 0.29) is 12.5 Å². The summed E-state index contributed by atoms with van der Waals surface area (Å²) in [5.74, 6) is -1.74. The summed E-state index contributed by atoms with van der Waals surface area (Å²) in [6.45, 7) is 5.06. The van der Waals surface area contributed by atoms with Gasteiger partial charge in [0.05, 0.1) is 12.6 Å². The van der Waals surface area contributed by atoms with Crippen LogP contribution in [0.4, 0.5) is 0 Å². The third-order valence-corrected chi connectivity index (χ3v) is 5.61. The number of amides is 1. The lowest BCUT2D eigenvalue weighted by Gasteiger charge is -2.33. The van der Waals surface area contributed by atoms with Gasteiger partial charge in [-0.05, 0) is 57.9 Å². The molecular formula is C24H36N2O6. The van der Waals surface area contributed by atoms with Crippen LogP contribution in [0, 0.1) is 0 Å². The van der Waals surface area contributed by atoms with E-state index in [2.05, 4.69) is 5.32 Å². The van der Waals surface area contributed by atoms with Crippen LogP contribution >= 0.6 is 0 Å². The van der Waals surface area contributed by atoms with Gasteiger partial charge in [-0.25, -0.2) is 4.79 Å². The third-order valence-electron chi connectivity index (χ3n) is 5.61. The first-order valence-corrected chi connectivity index (χ1v) is 11.5. The van der Waals surface area contributed by atoms with Crippen molar-refractivity contribution in [2.45, 2.75) is 70.5 Å². The highest BCUT2D eigenvalue weighted by Gasteiger charge is 2.33. The lowest BCUT2D eigenvalue weighted by molar-refractivity contribution is -0.153. The van der Waals surface area contributed by atoms with Crippen LogP contribution in [0.1, 0.15) is 51.5 Å². The summed E-state index contributed by atoms with van der Waals surface area (Å²) in [6.07, 6.45) is 3.51. The molecule has 2 unspecified atom stereocenters. The molecule has 0 bridgehead atoms. The van der Waals surface area contributed by atoms with E-state index in [9.17, 15) is 19.5 Å². The van der Waals surface area contributed by atoms with Crippen molar-refractivity contribution in [2.24, 2.45) is 0 Å². The molecule has 2 rings (SSSR count). The van der Waals surface area contributed by atoms with Gasteiger partial charge in [-0.15, -0.1) is 0 Å². The smallest absolute Gasteiger partial charge is 0.326 e. The minimum Gasteiger partial charge on any atom is -0.480 e. The summed E-state index contributed by atoms with van der Waals surface area (Å²) in [6, 6.07) is 7.52. The number of rotatable bonds is 9. The molecule has 1 amide bonds. The fourth-order valence-corrected chi connectivity index (χ4v) is 3.90. The fourth-order valence-electron chi connectivity index (χ4n) is 3.90. The predicted molar refractivity (Wildman–Crippen MR) is 120 cm³/mol. The zero-order chi connectivity index (χ0) is 23.3. The van der Waals surface area contributed by atoms with E-state index in [0.29, 0.717) is 51.9 Å². The van der Waals surface area contributed by atoms with Crippen LogP contribution in [0.3, 0.4) is 0 Å². The number of aryl methyl sites for hydroxylation is 1. The quantitative estimate of drug-likeness (QED) is 0.559. The Hall–Kier alpha value is -2.45. The summed E-state index contributed by atoms with van der Waals surface area (Å²) >= 11 is 0. The normalized spacial score (nSPS) is 19.6. The van der Waals surface area contributed by atoms with Gasteiger partial charge in [0.25, 0.3) is 0 Å². The van der Waals surface area contributed by atoms with E-state index >= 15 is 0 Å². The van der Waals surface area contributed by atoms with Crippen molar-refractivity contribution < 1.29 is 29.0 Å². The number of carboxylic acids is 1. The second-order valence-electron chi connectivity index (χ2n) is 8.06. The van der Waals surface area contributed by atoms with Crippen molar-refractivity contribution in [3.05, 3.63) is 35.9 Å². The first-order valence-electron chi connectivity index (χ1n) is 11.5. The van der Waals surface area contributed by atoms with Crippen molar-refractivity contribution >= 4 is 17.8 Å². The highest BCUT2D eigenvalue weighted by Crippen LogP contribution is 2.15. The van der Waals surface area contributed by atoms with Gasteiger partial charge in [-0.1, -0.05) is 30.3 Å². The average Bonchev–Trinajstić information content (AvgIpc) is 2.79. The zero-order valence-corrected chi connectivity index (χ0v) is 19.1. The summed E-state index contributed by atoms with van der Waals surface area (Å²) < 4.78 is 10.7. The highest BCUT2D eigenvalue weighted by atomic mass is 16.5. The largest absolute Gasteiger partial charge is 0.480 e. The average molecular weight is 449 g/mol. The van der Waals surface area contributed by atoms with Gasteiger partial charge in [-0.3, -0.25) is 14.9 Å². The summed E-state index contributed by atoms with van der Waals surface area (Å²) in [7, 11) is 0. The molecule has 178 valence electrons. The summed E-state index contributed by atoms with van der Waals surface area (Å²) in [4.78, 5) is 39.1. The Labute approximate surface area is 190 Å². The zero-order valence-electron chi connectivity index (χ0n) is 19.1. The lowest BCUT2D eigenvalue weighted by atomic mass is 10.0. The highest BCUT2D eigenvalue weighted by molar-refractivity contribution is 5.87. The molecule has 8 heteroatoms. The Kier molecular flexibility index (Phi) is 11.2. The Morgan fingerprint density at radius 2 is 1.91 bits per heavy atom. The molecule has 1 aromatic carbocycles. The number of nitrogens with one attached hydrogen (secondary N) is 1. The first-order chi connectivity index (χ1) is 15.4. The topological polar surface area (TPSA) is 105 Å². The fraction of sp³-hybridized carbons (Fsp3) is 0.625. The molecule has 0 spiro atoms. The van der Waals surface area contributed by atoms with Crippen LogP contribution < -0.4 is 5.32 Å². The molecule has 0 aliphatic carbocycles. The van der Waals surface area contributed by atoms with Crippen LogP contribution in [-0.4, -0.2) is 72.3 Å². The number of esters is 1. The standard InChI is InChI=1S/C24H36N2O6/c1-3-32-24(30)20(14-13-19-10-5-4-6-11-19)25-18(2)22(27)26-15-9-17-31-16-8-7-12-21(26)23(28)29/h4-6,10-11,18,20-21,25H,3,7-9,12-17H2,1-2H3,(H,28,29)/t18-,20?,21?/m0/s1. The minimum absolute atomic E-state index is 0.248. The van der Waals surface area contributed by atoms with Crippen LogP contribution in [-0.2, 0) is 30.3 Å². The third kappa shape index (κ3) is 8.24. The number of carboxylic acid groups (broad SMARTS) is 1. The maximum atomic E-state index is 13.3. The van der Waals surface area contributed by atoms with Crippen LogP contribution in [0.5, 0.6) is 0 Å². The predicted octanol–water partition coefficient (Wildman–Crippen LogP) is 2.40. The maximum Gasteiger partial charge on any atom is 0.326 e. The molecule has 1 saturated heterocycles. The van der Waals surface area contributed by atoms with E-state index in [1.807, 2.05) is 30.3 Å². The maximum absolute atomic E-state index is 13.3. The molecule has 1 heterocycles. The Bertz CT molecular complexity index is 726. The molecular weight excluding hydrogens is 412 g/mol. The van der Waals surface area contributed by atoms with Crippen LogP contribution in [0.15, 0.2) is 30.3 Å². The van der Waals surface area contributed by atoms with Gasteiger partial charge in [-0.2, -0.15) is 0 Å². The molecule has 32 heavy (non-hydrogen) atoms. The second-order valence-corrected chi connectivity index (χ2v) is 8.06. The number of benzene rings is 1. The minimum atomic E-state index is -1.00. The second kappa shape index (κ2) is 13.9. The number of hydrogen-bond donors (Lipinski definition) is 2. The van der Waals surface area contributed by atoms with Crippen molar-refractivity contribution in [2.75, 3.05) is 26.4 Å². The number of carbonyl (C=O) groups excluding carboxylic acids is 2. The molecule has 1 aliphatic rings. The molecule has 1 aliphatic heterocycles. The van der Waals surface area contributed by atoms with Crippen molar-refractivity contribution in [3.63, 3.8) is 0 Å². The van der Waals surface area contributed by atoms with Crippen LogP contribution in [0.25, 0.3) is 0 Å². The van der Waals surface area contributed by atoms with E-state index in [0.717, 1.165) is 12.0 Å². The Morgan fingerprint density at radius 3 is 2.59 bits per heavy atom. The number of carbonyl (C=O) groups is 3. The Morgan fingerprint density at radius 1 is 1.19 bits per heavy atom. The van der Waals surface area contributed by atoms with Crippen molar-refractivity contribution in [1.82, 2.24) is 10.2 Å². The van der Waals surface area contributed by atoms with Gasteiger partial charge in [0.15, 0.2) is 0 Å². The van der Waals surface area contributed by atoms with Gasteiger partial charge < -0.3 is 19.5 Å². The van der Waals surface area contributed by atoms with Gasteiger partial charge >= 0.3 is 11.9 Å². The monoisotopic (exact) mass is 448 g/mol. The molecule has 2 N–H and O–H groups in total. The molecule has 1 fully saturated rings. The molecule has 1 aromatic rings. The van der Waals surface area contributed by atoms with Crippen molar-refractivity contribution in [3.8, 4) is 0 Å². The van der Waals surface area contributed by atoms with E-state index in [1.165, 1.54) is 4.90 Å². The van der Waals surface area contributed by atoms with Gasteiger partial charge in [0, 0.05) is 19.8 Å². The number of hydrogen-bond acceptors (Lipinski definition) is 6. The number of ether oxygens (including phenoxy) is 2. The number of nitrogens with zero attached hydrogens (tertiary/aromatic N) is 1. The van der Waals surface area contributed by atoms with Gasteiger partial charge in [0.2, 0.25) is 5.91 Å². The van der Waals surface area contributed by atoms with E-state index in [4.69, 9.17) is 9.47 Å². The lowest BCUT2D eigenvalue weighted by Crippen LogP contribution is -2.55. The molecule has 0 aromatic heterocycles. The molecule has 8 nitrogen and oxygen atoms in total. The summed E-state index contributed by atoms with van der Waals surface area (Å²) in [5, 5.41) is 12.9. The van der Waals surface area contributed by atoms with Crippen molar-refractivity contribution in [1.29, 1.82) is 0 Å². The molecule has 3 atom stereocenters. The SMILES string of the molecule is CCOC(=O)C(CCc1ccccc1)N[C@@H](C)C(=O)N1CCCOCCCCC1C(=O)O. The van der Waals surface area contributed by atoms with Gasteiger partial charge in [0.1, 0.15) is 12.1 Å². The van der Waals surface area contributed by atoms with Crippen LogP contribution in [0.2, 0.25) is 0 Å². The summed E-state index contributed by atoms with van der Waals surface area (Å²) in [5.41, 5.74) is 1.09. The molecule has 0 saturated carbocycles.